The lowest BCUT2D eigenvalue weighted by molar-refractivity contribution is 0.572. The quantitative estimate of drug-likeness (QED) is 0.204. The standard InChI is InChI=1S/C42H47N3/c1-39(2,3)29-16-18-35-31(22-29)32-23-30(40(4,5)6)17-19-36(32)45(35)38-27(24-43)20-26(21-28(38)25-44)37-33(41(7,8)9)14-13-15-34(37)42(10,11)12/h13-23H,1-12H3. The fourth-order valence-corrected chi connectivity index (χ4v) is 6.50. The van der Waals surface area contributed by atoms with Gasteiger partial charge in [0, 0.05) is 10.8 Å². The van der Waals surface area contributed by atoms with Crippen molar-refractivity contribution in [2.45, 2.75) is 105 Å². The van der Waals surface area contributed by atoms with Crippen LogP contribution >= 0.6 is 0 Å². The average molecular weight is 594 g/mol. The molecule has 45 heavy (non-hydrogen) atoms. The van der Waals surface area contributed by atoms with Crippen molar-refractivity contribution in [3.05, 3.63) is 100 Å². The van der Waals surface area contributed by atoms with Crippen LogP contribution in [0.2, 0.25) is 0 Å². The summed E-state index contributed by atoms with van der Waals surface area (Å²) in [5.74, 6) is 0. The van der Waals surface area contributed by atoms with Crippen molar-refractivity contribution < 1.29 is 0 Å². The fourth-order valence-electron chi connectivity index (χ4n) is 6.50. The first-order valence-electron chi connectivity index (χ1n) is 16.0. The summed E-state index contributed by atoms with van der Waals surface area (Å²) in [5.41, 5.74) is 10.3. The van der Waals surface area contributed by atoms with Crippen molar-refractivity contribution in [3.63, 3.8) is 0 Å². The molecule has 0 N–H and O–H groups in total. The Balaban J connectivity index is 1.92. The molecule has 4 aromatic carbocycles. The van der Waals surface area contributed by atoms with E-state index < -0.39 is 0 Å². The molecule has 3 heteroatoms. The maximum atomic E-state index is 10.7. The third-order valence-electron chi connectivity index (χ3n) is 9.04. The van der Waals surface area contributed by atoms with Crippen molar-refractivity contribution in [1.29, 1.82) is 10.5 Å². The molecule has 0 bridgehead atoms. The van der Waals surface area contributed by atoms with E-state index in [-0.39, 0.29) is 21.7 Å². The summed E-state index contributed by atoms with van der Waals surface area (Å²) in [7, 11) is 0. The second-order valence-corrected chi connectivity index (χ2v) is 16.7. The second kappa shape index (κ2) is 10.6. The Kier molecular flexibility index (Phi) is 7.58. The molecule has 0 saturated carbocycles. The lowest BCUT2D eigenvalue weighted by Crippen LogP contribution is -2.19. The maximum absolute atomic E-state index is 10.7. The Morgan fingerprint density at radius 3 is 1.24 bits per heavy atom. The highest BCUT2D eigenvalue weighted by Crippen LogP contribution is 2.44. The summed E-state index contributed by atoms with van der Waals surface area (Å²) in [6.07, 6.45) is 0. The van der Waals surface area contributed by atoms with Crippen molar-refractivity contribution in [3.8, 4) is 29.0 Å². The van der Waals surface area contributed by atoms with E-state index in [2.05, 4.69) is 154 Å². The average Bonchev–Trinajstić information content (AvgIpc) is 3.27. The minimum Gasteiger partial charge on any atom is -0.307 e. The van der Waals surface area contributed by atoms with Gasteiger partial charge < -0.3 is 4.57 Å². The van der Waals surface area contributed by atoms with Gasteiger partial charge in [-0.3, -0.25) is 0 Å². The zero-order valence-electron chi connectivity index (χ0n) is 29.2. The summed E-state index contributed by atoms with van der Waals surface area (Å²) in [5, 5.41) is 23.7. The molecule has 1 heterocycles. The van der Waals surface area contributed by atoms with Gasteiger partial charge in [-0.2, -0.15) is 10.5 Å². The number of nitriles is 2. The molecule has 0 fully saturated rings. The number of rotatable bonds is 2. The molecule has 1 aromatic heterocycles. The predicted molar refractivity (Wildman–Crippen MR) is 190 cm³/mol. The summed E-state index contributed by atoms with van der Waals surface area (Å²) in [6, 6.07) is 28.8. The largest absolute Gasteiger partial charge is 0.307 e. The van der Waals surface area contributed by atoms with Crippen LogP contribution in [0.15, 0.2) is 66.7 Å². The van der Waals surface area contributed by atoms with E-state index in [1.54, 1.807) is 0 Å². The molecule has 0 spiro atoms. The molecule has 0 radical (unpaired) electrons. The van der Waals surface area contributed by atoms with Gasteiger partial charge in [0.05, 0.1) is 27.8 Å². The second-order valence-electron chi connectivity index (χ2n) is 16.7. The summed E-state index contributed by atoms with van der Waals surface area (Å²) >= 11 is 0. The normalized spacial score (nSPS) is 12.8. The van der Waals surface area contributed by atoms with E-state index in [4.69, 9.17) is 0 Å². The van der Waals surface area contributed by atoms with Gasteiger partial charge in [-0.15, -0.1) is 0 Å². The predicted octanol–water partition coefficient (Wildman–Crippen LogP) is 11.4. The van der Waals surface area contributed by atoms with Gasteiger partial charge in [-0.05, 0) is 91.4 Å². The highest BCUT2D eigenvalue weighted by atomic mass is 15.0. The molecule has 3 nitrogen and oxygen atoms in total. The van der Waals surface area contributed by atoms with Gasteiger partial charge in [0.1, 0.15) is 12.1 Å². The van der Waals surface area contributed by atoms with E-state index >= 15 is 0 Å². The lowest BCUT2D eigenvalue weighted by atomic mass is 9.74. The van der Waals surface area contributed by atoms with Gasteiger partial charge in [0.2, 0.25) is 0 Å². The molecular weight excluding hydrogens is 546 g/mol. The zero-order valence-corrected chi connectivity index (χ0v) is 29.2. The van der Waals surface area contributed by atoms with Crippen LogP contribution in [0.25, 0.3) is 38.6 Å². The van der Waals surface area contributed by atoms with Crippen LogP contribution in [0.3, 0.4) is 0 Å². The Hall–Kier alpha value is -4.34. The molecule has 0 amide bonds. The third-order valence-corrected chi connectivity index (χ3v) is 9.04. The van der Waals surface area contributed by atoms with Crippen molar-refractivity contribution >= 4 is 21.8 Å². The smallest absolute Gasteiger partial charge is 0.101 e. The van der Waals surface area contributed by atoms with Gasteiger partial charge in [-0.1, -0.05) is 113 Å². The summed E-state index contributed by atoms with van der Waals surface area (Å²) in [6.45, 7) is 26.7. The fraction of sp³-hybridized carbons (Fsp3) is 0.381. The minimum absolute atomic E-state index is 0.0211. The molecule has 5 rings (SSSR count). The Morgan fingerprint density at radius 2 is 0.911 bits per heavy atom. The van der Waals surface area contributed by atoms with Crippen molar-refractivity contribution in [2.24, 2.45) is 0 Å². The van der Waals surface area contributed by atoms with Crippen LogP contribution < -0.4 is 0 Å². The molecule has 0 saturated heterocycles. The van der Waals surface area contributed by atoms with E-state index in [1.807, 2.05) is 12.1 Å². The highest BCUT2D eigenvalue weighted by Gasteiger charge is 2.28. The molecule has 0 unspecified atom stereocenters. The Labute approximate surface area is 270 Å². The minimum atomic E-state index is -0.128. The molecular formula is C42H47N3. The molecule has 0 atom stereocenters. The van der Waals surface area contributed by atoms with E-state index in [9.17, 15) is 10.5 Å². The summed E-state index contributed by atoms with van der Waals surface area (Å²) in [4.78, 5) is 0. The first kappa shape index (κ1) is 32.1. The topological polar surface area (TPSA) is 52.5 Å². The van der Waals surface area contributed by atoms with Crippen LogP contribution in [-0.4, -0.2) is 4.57 Å². The number of aromatic nitrogens is 1. The zero-order chi connectivity index (χ0) is 33.3. The SMILES string of the molecule is CC(C)(C)c1ccc2c(c1)c1cc(C(C)(C)C)ccc1n2-c1c(C#N)cc(-c2c(C(C)(C)C)cccc2C(C)(C)C)cc1C#N. The lowest BCUT2D eigenvalue weighted by Gasteiger charge is -2.30. The molecule has 230 valence electrons. The number of hydrogen-bond donors (Lipinski definition) is 0. The first-order chi connectivity index (χ1) is 20.8. The van der Waals surface area contributed by atoms with Crippen molar-refractivity contribution in [2.75, 3.05) is 0 Å². The Morgan fingerprint density at radius 1 is 0.511 bits per heavy atom. The first-order valence-corrected chi connectivity index (χ1v) is 16.0. The number of fused-ring (bicyclic) bond motifs is 3. The third kappa shape index (κ3) is 5.66. The van der Waals surface area contributed by atoms with Crippen molar-refractivity contribution in [1.82, 2.24) is 4.57 Å². The molecule has 0 aliphatic heterocycles. The summed E-state index contributed by atoms with van der Waals surface area (Å²) < 4.78 is 2.14. The number of nitrogens with zero attached hydrogens (tertiary/aromatic N) is 3. The monoisotopic (exact) mass is 593 g/mol. The molecule has 0 aliphatic carbocycles. The van der Waals surface area contributed by atoms with Crippen LogP contribution in [0.1, 0.15) is 116 Å². The molecule has 0 aliphatic rings. The van der Waals surface area contributed by atoms with E-state index in [0.717, 1.165) is 32.9 Å². The maximum Gasteiger partial charge on any atom is 0.101 e. The van der Waals surface area contributed by atoms with E-state index in [1.165, 1.54) is 22.3 Å². The van der Waals surface area contributed by atoms with Gasteiger partial charge in [0.25, 0.3) is 0 Å². The number of benzene rings is 4. The van der Waals surface area contributed by atoms with Crippen LogP contribution in [0.5, 0.6) is 0 Å². The van der Waals surface area contributed by atoms with Gasteiger partial charge in [-0.25, -0.2) is 0 Å². The Bertz CT molecular complexity index is 1910. The van der Waals surface area contributed by atoms with Crippen LogP contribution in [0.4, 0.5) is 0 Å². The van der Waals surface area contributed by atoms with Gasteiger partial charge >= 0.3 is 0 Å². The molecule has 5 aromatic rings. The van der Waals surface area contributed by atoms with Gasteiger partial charge in [0.15, 0.2) is 0 Å². The van der Waals surface area contributed by atoms with Crippen LogP contribution in [-0.2, 0) is 21.7 Å². The number of hydrogen-bond acceptors (Lipinski definition) is 2. The highest BCUT2D eigenvalue weighted by molar-refractivity contribution is 6.10. The van der Waals surface area contributed by atoms with E-state index in [0.29, 0.717) is 16.8 Å². The van der Waals surface area contributed by atoms with Crippen LogP contribution in [0, 0.1) is 22.7 Å².